The lowest BCUT2D eigenvalue weighted by atomic mass is 10.2. The SMILES string of the molecule is CCCCC[n+]1ccc(N2CCOCC2)cc1. The topological polar surface area (TPSA) is 16.4 Å². The van der Waals surface area contributed by atoms with Crippen LogP contribution in [0.3, 0.4) is 0 Å². The Balaban J connectivity index is 1.88. The molecule has 94 valence electrons. The Morgan fingerprint density at radius 1 is 1.18 bits per heavy atom. The van der Waals surface area contributed by atoms with Gasteiger partial charge in [0.05, 0.1) is 13.2 Å². The number of aryl methyl sites for hydroxylation is 1. The number of morpholine rings is 1. The molecule has 0 saturated carbocycles. The molecule has 0 radical (unpaired) electrons. The monoisotopic (exact) mass is 235 g/mol. The highest BCUT2D eigenvalue weighted by Crippen LogP contribution is 2.12. The van der Waals surface area contributed by atoms with Gasteiger partial charge in [0.2, 0.25) is 0 Å². The average molecular weight is 235 g/mol. The molecule has 0 aliphatic carbocycles. The number of anilines is 1. The van der Waals surface area contributed by atoms with Gasteiger partial charge in [-0.2, -0.15) is 0 Å². The molecule has 2 heterocycles. The molecule has 1 saturated heterocycles. The lowest BCUT2D eigenvalue weighted by Gasteiger charge is -2.28. The lowest BCUT2D eigenvalue weighted by molar-refractivity contribution is -0.697. The smallest absolute Gasteiger partial charge is 0.170 e. The van der Waals surface area contributed by atoms with E-state index in [1.54, 1.807) is 0 Å². The van der Waals surface area contributed by atoms with Crippen molar-refractivity contribution in [3.05, 3.63) is 24.5 Å². The third-order valence-electron chi connectivity index (χ3n) is 3.27. The van der Waals surface area contributed by atoms with Gasteiger partial charge < -0.3 is 9.64 Å². The fourth-order valence-electron chi connectivity index (χ4n) is 2.18. The van der Waals surface area contributed by atoms with Crippen LogP contribution in [0.15, 0.2) is 24.5 Å². The summed E-state index contributed by atoms with van der Waals surface area (Å²) in [5.74, 6) is 0. The number of ether oxygens (including phenoxy) is 1. The highest BCUT2D eigenvalue weighted by Gasteiger charge is 2.12. The maximum Gasteiger partial charge on any atom is 0.170 e. The van der Waals surface area contributed by atoms with Gasteiger partial charge >= 0.3 is 0 Å². The molecule has 0 aromatic carbocycles. The second-order valence-corrected chi connectivity index (χ2v) is 4.60. The van der Waals surface area contributed by atoms with Crippen molar-refractivity contribution in [2.45, 2.75) is 32.7 Å². The number of hydrogen-bond donors (Lipinski definition) is 0. The van der Waals surface area contributed by atoms with Gasteiger partial charge in [0.25, 0.3) is 0 Å². The first kappa shape index (κ1) is 12.4. The highest BCUT2D eigenvalue weighted by molar-refractivity contribution is 5.43. The van der Waals surface area contributed by atoms with Gasteiger partial charge in [-0.15, -0.1) is 0 Å². The Kier molecular flexibility index (Phi) is 4.80. The van der Waals surface area contributed by atoms with E-state index in [1.807, 2.05) is 0 Å². The molecule has 17 heavy (non-hydrogen) atoms. The van der Waals surface area contributed by atoms with Crippen molar-refractivity contribution in [1.82, 2.24) is 0 Å². The molecule has 1 fully saturated rings. The Labute approximate surface area is 104 Å². The fraction of sp³-hybridized carbons (Fsp3) is 0.643. The minimum absolute atomic E-state index is 0.853. The number of nitrogens with zero attached hydrogens (tertiary/aromatic N) is 2. The van der Waals surface area contributed by atoms with Crippen molar-refractivity contribution in [2.75, 3.05) is 31.2 Å². The molecule has 1 aliphatic rings. The van der Waals surface area contributed by atoms with Crippen LogP contribution in [0, 0.1) is 0 Å². The Morgan fingerprint density at radius 2 is 1.88 bits per heavy atom. The standard InChI is InChI=1S/C14H23N2O/c1-2-3-4-7-15-8-5-14(6-9-15)16-10-12-17-13-11-16/h5-6,8-9H,2-4,7,10-13H2,1H3/q+1. The molecule has 0 spiro atoms. The summed E-state index contributed by atoms with van der Waals surface area (Å²) in [5.41, 5.74) is 1.32. The zero-order chi connectivity index (χ0) is 11.9. The van der Waals surface area contributed by atoms with Crippen LogP contribution < -0.4 is 9.47 Å². The van der Waals surface area contributed by atoms with E-state index < -0.39 is 0 Å². The summed E-state index contributed by atoms with van der Waals surface area (Å²) in [4.78, 5) is 2.39. The van der Waals surface area contributed by atoms with Crippen molar-refractivity contribution in [3.63, 3.8) is 0 Å². The van der Waals surface area contributed by atoms with Crippen LogP contribution in [0.4, 0.5) is 5.69 Å². The van der Waals surface area contributed by atoms with Gasteiger partial charge in [0.15, 0.2) is 12.4 Å². The zero-order valence-electron chi connectivity index (χ0n) is 10.8. The van der Waals surface area contributed by atoms with Gasteiger partial charge in [-0.1, -0.05) is 13.3 Å². The Morgan fingerprint density at radius 3 is 2.53 bits per heavy atom. The minimum Gasteiger partial charge on any atom is -0.378 e. The summed E-state index contributed by atoms with van der Waals surface area (Å²) < 4.78 is 7.64. The molecule has 1 aliphatic heterocycles. The molecular weight excluding hydrogens is 212 g/mol. The van der Waals surface area contributed by atoms with E-state index in [1.165, 1.54) is 24.9 Å². The minimum atomic E-state index is 0.853. The summed E-state index contributed by atoms with van der Waals surface area (Å²) in [6, 6.07) is 4.44. The summed E-state index contributed by atoms with van der Waals surface area (Å²) in [6.45, 7) is 7.11. The number of rotatable bonds is 5. The third kappa shape index (κ3) is 3.70. The average Bonchev–Trinajstić information content (AvgIpc) is 2.41. The van der Waals surface area contributed by atoms with Crippen molar-refractivity contribution >= 4 is 5.69 Å². The van der Waals surface area contributed by atoms with Crippen LogP contribution in [0.25, 0.3) is 0 Å². The molecule has 3 heteroatoms. The van der Waals surface area contributed by atoms with Crippen molar-refractivity contribution in [3.8, 4) is 0 Å². The van der Waals surface area contributed by atoms with Crippen LogP contribution in [0.1, 0.15) is 26.2 Å². The number of unbranched alkanes of at least 4 members (excludes halogenated alkanes) is 2. The summed E-state index contributed by atoms with van der Waals surface area (Å²) in [7, 11) is 0. The van der Waals surface area contributed by atoms with E-state index in [0.717, 1.165) is 32.8 Å². The molecular formula is C14H23N2O+. The zero-order valence-corrected chi connectivity index (χ0v) is 10.8. The van der Waals surface area contributed by atoms with E-state index in [0.29, 0.717) is 0 Å². The fourth-order valence-corrected chi connectivity index (χ4v) is 2.18. The van der Waals surface area contributed by atoms with Crippen LogP contribution in [-0.2, 0) is 11.3 Å². The molecule has 3 nitrogen and oxygen atoms in total. The molecule has 0 atom stereocenters. The van der Waals surface area contributed by atoms with Crippen molar-refractivity contribution in [2.24, 2.45) is 0 Å². The maximum atomic E-state index is 5.36. The van der Waals surface area contributed by atoms with Crippen LogP contribution in [-0.4, -0.2) is 26.3 Å². The normalized spacial score (nSPS) is 16.2. The molecule has 0 amide bonds. The number of aromatic nitrogens is 1. The predicted octanol–water partition coefficient (Wildman–Crippen LogP) is 2.00. The molecule has 1 aromatic rings. The van der Waals surface area contributed by atoms with E-state index in [-0.39, 0.29) is 0 Å². The van der Waals surface area contributed by atoms with E-state index >= 15 is 0 Å². The summed E-state index contributed by atoms with van der Waals surface area (Å²) in [6.07, 6.45) is 8.27. The van der Waals surface area contributed by atoms with E-state index in [9.17, 15) is 0 Å². The van der Waals surface area contributed by atoms with Crippen LogP contribution >= 0.6 is 0 Å². The second-order valence-electron chi connectivity index (χ2n) is 4.60. The van der Waals surface area contributed by atoms with Gasteiger partial charge in [0, 0.05) is 37.3 Å². The summed E-state index contributed by atoms with van der Waals surface area (Å²) in [5, 5.41) is 0. The molecule has 0 bridgehead atoms. The largest absolute Gasteiger partial charge is 0.378 e. The van der Waals surface area contributed by atoms with E-state index in [2.05, 4.69) is 40.9 Å². The predicted molar refractivity (Wildman–Crippen MR) is 69.2 cm³/mol. The highest BCUT2D eigenvalue weighted by atomic mass is 16.5. The first-order chi connectivity index (χ1) is 8.40. The maximum absolute atomic E-state index is 5.36. The molecule has 0 N–H and O–H groups in total. The first-order valence-electron chi connectivity index (χ1n) is 6.72. The number of hydrogen-bond acceptors (Lipinski definition) is 2. The van der Waals surface area contributed by atoms with Gasteiger partial charge in [-0.05, 0) is 6.42 Å². The third-order valence-corrected chi connectivity index (χ3v) is 3.27. The van der Waals surface area contributed by atoms with E-state index in [4.69, 9.17) is 4.74 Å². The van der Waals surface area contributed by atoms with Crippen LogP contribution in [0.5, 0.6) is 0 Å². The van der Waals surface area contributed by atoms with Gasteiger partial charge in [0.1, 0.15) is 6.54 Å². The van der Waals surface area contributed by atoms with Crippen molar-refractivity contribution in [1.29, 1.82) is 0 Å². The molecule has 2 rings (SSSR count). The summed E-state index contributed by atoms with van der Waals surface area (Å²) >= 11 is 0. The second kappa shape index (κ2) is 6.60. The van der Waals surface area contributed by atoms with Gasteiger partial charge in [-0.25, -0.2) is 4.57 Å². The first-order valence-corrected chi connectivity index (χ1v) is 6.72. The van der Waals surface area contributed by atoms with Gasteiger partial charge in [-0.3, -0.25) is 0 Å². The molecule has 1 aromatic heterocycles. The Hall–Kier alpha value is -1.09. The van der Waals surface area contributed by atoms with Crippen molar-refractivity contribution < 1.29 is 9.30 Å². The lowest BCUT2D eigenvalue weighted by Crippen LogP contribution is -2.38. The quantitative estimate of drug-likeness (QED) is 0.573. The number of pyridine rings is 1. The molecule has 0 unspecified atom stereocenters. The van der Waals surface area contributed by atoms with Crippen LogP contribution in [0.2, 0.25) is 0 Å². The Bertz CT molecular complexity index is 317.